The van der Waals surface area contributed by atoms with Gasteiger partial charge in [0, 0.05) is 30.8 Å². The van der Waals surface area contributed by atoms with Crippen LogP contribution in [0.3, 0.4) is 0 Å². The van der Waals surface area contributed by atoms with E-state index >= 15 is 0 Å². The number of likely N-dealkylation sites (N-methyl/N-ethyl adjacent to an activating group) is 1. The first-order chi connectivity index (χ1) is 9.06. The number of carbonyl (C=O) groups is 2. The smallest absolute Gasteiger partial charge is 0.245 e. The standard InChI is InChI=1S/C12H15BrN4O2.ClH/c1-17(12(19)8-4-14-5-8)7-11(18)16-10-3-2-9(13)6-15-10;/h2-3,6,8,14H,4-5,7H2,1H3,(H,15,16,18);1H. The summed E-state index contributed by atoms with van der Waals surface area (Å²) in [5.41, 5.74) is 0. The Hall–Kier alpha value is -1.18. The van der Waals surface area contributed by atoms with Gasteiger partial charge in [-0.2, -0.15) is 0 Å². The first kappa shape index (κ1) is 16.9. The molecule has 1 aromatic rings. The Morgan fingerprint density at radius 2 is 2.20 bits per heavy atom. The maximum absolute atomic E-state index is 11.8. The van der Waals surface area contributed by atoms with Gasteiger partial charge in [0.25, 0.3) is 0 Å². The van der Waals surface area contributed by atoms with Crippen LogP contribution in [0.2, 0.25) is 0 Å². The van der Waals surface area contributed by atoms with Gasteiger partial charge in [-0.3, -0.25) is 9.59 Å². The molecule has 1 aromatic heterocycles. The molecule has 0 bridgehead atoms. The van der Waals surface area contributed by atoms with E-state index in [0.29, 0.717) is 18.9 Å². The van der Waals surface area contributed by atoms with Crippen molar-refractivity contribution in [1.82, 2.24) is 15.2 Å². The van der Waals surface area contributed by atoms with E-state index in [4.69, 9.17) is 0 Å². The lowest BCUT2D eigenvalue weighted by atomic mass is 10.0. The van der Waals surface area contributed by atoms with Crippen LogP contribution in [-0.2, 0) is 9.59 Å². The van der Waals surface area contributed by atoms with Gasteiger partial charge in [-0.1, -0.05) is 0 Å². The van der Waals surface area contributed by atoms with Crippen LogP contribution in [0.25, 0.3) is 0 Å². The number of carbonyl (C=O) groups excluding carboxylic acids is 2. The van der Waals surface area contributed by atoms with Gasteiger partial charge in [-0.05, 0) is 28.1 Å². The third kappa shape index (κ3) is 4.43. The summed E-state index contributed by atoms with van der Waals surface area (Å²) in [4.78, 5) is 29.1. The lowest BCUT2D eigenvalue weighted by molar-refractivity contribution is -0.138. The summed E-state index contributed by atoms with van der Waals surface area (Å²) in [6, 6.07) is 3.48. The van der Waals surface area contributed by atoms with E-state index < -0.39 is 0 Å². The van der Waals surface area contributed by atoms with Crippen LogP contribution in [-0.4, -0.2) is 48.4 Å². The van der Waals surface area contributed by atoms with E-state index in [1.54, 1.807) is 25.4 Å². The lowest BCUT2D eigenvalue weighted by Gasteiger charge is -2.29. The molecule has 0 spiro atoms. The van der Waals surface area contributed by atoms with E-state index in [0.717, 1.165) is 4.47 Å². The molecule has 0 atom stereocenters. The van der Waals surface area contributed by atoms with E-state index in [1.807, 2.05) is 0 Å². The number of nitrogens with one attached hydrogen (secondary N) is 2. The number of hydrogen-bond acceptors (Lipinski definition) is 4. The summed E-state index contributed by atoms with van der Waals surface area (Å²) < 4.78 is 0.843. The number of aromatic nitrogens is 1. The number of amides is 2. The first-order valence-electron chi connectivity index (χ1n) is 5.93. The van der Waals surface area contributed by atoms with Crippen LogP contribution >= 0.6 is 28.3 Å². The molecule has 2 heterocycles. The predicted octanol–water partition coefficient (Wildman–Crippen LogP) is 0.882. The fourth-order valence-electron chi connectivity index (χ4n) is 1.70. The Labute approximate surface area is 131 Å². The molecule has 20 heavy (non-hydrogen) atoms. The van der Waals surface area contributed by atoms with Gasteiger partial charge in [0.05, 0.1) is 12.5 Å². The Morgan fingerprint density at radius 1 is 1.50 bits per heavy atom. The Balaban J connectivity index is 0.00000200. The highest BCUT2D eigenvalue weighted by Gasteiger charge is 2.28. The van der Waals surface area contributed by atoms with Crippen molar-refractivity contribution in [2.24, 2.45) is 5.92 Å². The average Bonchev–Trinajstić information content (AvgIpc) is 2.29. The van der Waals surface area contributed by atoms with Gasteiger partial charge in [-0.25, -0.2) is 4.98 Å². The molecule has 6 nitrogen and oxygen atoms in total. The monoisotopic (exact) mass is 362 g/mol. The van der Waals surface area contributed by atoms with Crippen LogP contribution in [0, 0.1) is 5.92 Å². The van der Waals surface area contributed by atoms with Crippen molar-refractivity contribution >= 4 is 46.0 Å². The lowest BCUT2D eigenvalue weighted by Crippen LogP contribution is -2.52. The number of anilines is 1. The maximum Gasteiger partial charge on any atom is 0.245 e. The molecule has 1 aliphatic heterocycles. The quantitative estimate of drug-likeness (QED) is 0.833. The van der Waals surface area contributed by atoms with Crippen LogP contribution < -0.4 is 10.6 Å². The van der Waals surface area contributed by atoms with Crippen LogP contribution in [0.5, 0.6) is 0 Å². The number of rotatable bonds is 4. The number of halogens is 2. The van der Waals surface area contributed by atoms with Gasteiger partial charge in [-0.15, -0.1) is 12.4 Å². The minimum Gasteiger partial charge on any atom is -0.336 e. The summed E-state index contributed by atoms with van der Waals surface area (Å²) in [6.07, 6.45) is 1.60. The molecular formula is C12H16BrClN4O2. The van der Waals surface area contributed by atoms with E-state index in [9.17, 15) is 9.59 Å². The molecular weight excluding hydrogens is 348 g/mol. The summed E-state index contributed by atoms with van der Waals surface area (Å²) >= 11 is 3.27. The van der Waals surface area contributed by atoms with Gasteiger partial charge in [0.1, 0.15) is 5.82 Å². The summed E-state index contributed by atoms with van der Waals surface area (Å²) in [6.45, 7) is 1.42. The molecule has 2 N–H and O–H groups in total. The second kappa shape index (κ2) is 7.56. The van der Waals surface area contributed by atoms with Crippen molar-refractivity contribution in [2.75, 3.05) is 32.0 Å². The van der Waals surface area contributed by atoms with Crippen molar-refractivity contribution in [1.29, 1.82) is 0 Å². The molecule has 8 heteroatoms. The molecule has 2 rings (SSSR count). The third-order valence-corrected chi connectivity index (χ3v) is 3.35. The van der Waals surface area contributed by atoms with Crippen molar-refractivity contribution in [2.45, 2.75) is 0 Å². The summed E-state index contributed by atoms with van der Waals surface area (Å²) in [5.74, 6) is 0.221. The minimum absolute atomic E-state index is 0. The maximum atomic E-state index is 11.8. The molecule has 0 aliphatic carbocycles. The van der Waals surface area contributed by atoms with E-state index in [-0.39, 0.29) is 36.7 Å². The normalized spacial score (nSPS) is 13.9. The second-order valence-electron chi connectivity index (χ2n) is 4.46. The molecule has 0 saturated carbocycles. The van der Waals surface area contributed by atoms with Crippen LogP contribution in [0.4, 0.5) is 5.82 Å². The van der Waals surface area contributed by atoms with Crippen molar-refractivity contribution in [3.63, 3.8) is 0 Å². The first-order valence-corrected chi connectivity index (χ1v) is 6.72. The van der Waals surface area contributed by atoms with E-state index in [1.165, 1.54) is 4.90 Å². The van der Waals surface area contributed by atoms with Crippen LogP contribution in [0.1, 0.15) is 0 Å². The second-order valence-corrected chi connectivity index (χ2v) is 5.37. The molecule has 1 fully saturated rings. The Kier molecular flexibility index (Phi) is 6.38. The Morgan fingerprint density at radius 3 is 2.70 bits per heavy atom. The van der Waals surface area contributed by atoms with Crippen molar-refractivity contribution < 1.29 is 9.59 Å². The zero-order chi connectivity index (χ0) is 13.8. The fourth-order valence-corrected chi connectivity index (χ4v) is 1.93. The van der Waals surface area contributed by atoms with Gasteiger partial charge < -0.3 is 15.5 Å². The molecule has 1 aliphatic rings. The zero-order valence-corrected chi connectivity index (χ0v) is 13.3. The minimum atomic E-state index is -0.252. The number of pyridine rings is 1. The van der Waals surface area contributed by atoms with Gasteiger partial charge in [0.2, 0.25) is 11.8 Å². The highest BCUT2D eigenvalue weighted by molar-refractivity contribution is 9.10. The van der Waals surface area contributed by atoms with Crippen molar-refractivity contribution in [3.05, 3.63) is 22.8 Å². The van der Waals surface area contributed by atoms with E-state index in [2.05, 4.69) is 31.5 Å². The van der Waals surface area contributed by atoms with Crippen LogP contribution in [0.15, 0.2) is 22.8 Å². The predicted molar refractivity (Wildman–Crippen MR) is 81.8 cm³/mol. The van der Waals surface area contributed by atoms with Crippen molar-refractivity contribution in [3.8, 4) is 0 Å². The molecule has 1 saturated heterocycles. The zero-order valence-electron chi connectivity index (χ0n) is 10.9. The molecule has 2 amide bonds. The number of nitrogens with zero attached hydrogens (tertiary/aromatic N) is 2. The van der Waals surface area contributed by atoms with Gasteiger partial charge in [0.15, 0.2) is 0 Å². The van der Waals surface area contributed by atoms with Gasteiger partial charge >= 0.3 is 0 Å². The molecule has 0 unspecified atom stereocenters. The largest absolute Gasteiger partial charge is 0.336 e. The average molecular weight is 364 g/mol. The molecule has 110 valence electrons. The topological polar surface area (TPSA) is 74.3 Å². The fraction of sp³-hybridized carbons (Fsp3) is 0.417. The molecule has 0 radical (unpaired) electrons. The number of hydrogen-bond donors (Lipinski definition) is 2. The Bertz CT molecular complexity index is 479. The summed E-state index contributed by atoms with van der Waals surface area (Å²) in [5, 5.41) is 5.68. The third-order valence-electron chi connectivity index (χ3n) is 2.88. The molecule has 0 aromatic carbocycles. The highest BCUT2D eigenvalue weighted by Crippen LogP contribution is 2.11. The summed E-state index contributed by atoms with van der Waals surface area (Å²) in [7, 11) is 1.63. The highest BCUT2D eigenvalue weighted by atomic mass is 79.9. The SMILES string of the molecule is CN(CC(=O)Nc1ccc(Br)cn1)C(=O)C1CNC1.Cl.